The number of guanidine groups is 1. The van der Waals surface area contributed by atoms with E-state index in [1.807, 2.05) is 49.1 Å². The number of hydrogen-bond acceptors (Lipinski definition) is 4. The fraction of sp³-hybridized carbons (Fsp3) is 0.450. The van der Waals surface area contributed by atoms with E-state index in [1.54, 1.807) is 6.20 Å². The van der Waals surface area contributed by atoms with E-state index in [2.05, 4.69) is 20.6 Å². The van der Waals surface area contributed by atoms with Gasteiger partial charge in [-0.15, -0.1) is 24.0 Å². The van der Waals surface area contributed by atoms with Crippen LogP contribution in [0.2, 0.25) is 0 Å². The Kier molecular flexibility index (Phi) is 8.75. The van der Waals surface area contributed by atoms with Crippen molar-refractivity contribution in [2.45, 2.75) is 39.3 Å². The third-order valence-electron chi connectivity index (χ3n) is 4.51. The molecule has 1 aromatic heterocycles. The van der Waals surface area contributed by atoms with E-state index in [0.717, 1.165) is 30.8 Å². The molecule has 3 rings (SSSR count). The molecule has 2 heterocycles. The highest BCUT2D eigenvalue weighted by Gasteiger charge is 2.25. The van der Waals surface area contributed by atoms with Gasteiger partial charge in [0.2, 0.25) is 11.8 Å². The number of oxazole rings is 1. The maximum absolute atomic E-state index is 11.8. The van der Waals surface area contributed by atoms with Crippen molar-refractivity contribution in [3.05, 3.63) is 42.4 Å². The first kappa shape index (κ1) is 22.2. The average molecular weight is 497 g/mol. The number of nitrogens with one attached hydrogen (secondary N) is 2. The van der Waals surface area contributed by atoms with E-state index in [9.17, 15) is 4.79 Å². The molecule has 2 N–H and O–H groups in total. The van der Waals surface area contributed by atoms with Crippen LogP contribution in [0.15, 0.2) is 45.9 Å². The van der Waals surface area contributed by atoms with E-state index < -0.39 is 0 Å². The minimum atomic E-state index is 0. The first-order valence-electron chi connectivity index (χ1n) is 9.52. The molecule has 2 aromatic rings. The summed E-state index contributed by atoms with van der Waals surface area (Å²) in [5, 5.41) is 6.65. The van der Waals surface area contributed by atoms with Crippen molar-refractivity contribution in [3.63, 3.8) is 0 Å². The van der Waals surface area contributed by atoms with Gasteiger partial charge in [0.05, 0.1) is 6.20 Å². The van der Waals surface area contributed by atoms with Crippen LogP contribution in [0.5, 0.6) is 0 Å². The summed E-state index contributed by atoms with van der Waals surface area (Å²) in [7, 11) is 0. The van der Waals surface area contributed by atoms with Gasteiger partial charge in [-0.25, -0.2) is 9.98 Å². The Hall–Kier alpha value is -2.10. The lowest BCUT2D eigenvalue weighted by Crippen LogP contribution is -2.45. The molecule has 1 unspecified atom stereocenters. The number of benzene rings is 1. The molecule has 152 valence electrons. The summed E-state index contributed by atoms with van der Waals surface area (Å²) in [6, 6.07) is 10.1. The van der Waals surface area contributed by atoms with Crippen molar-refractivity contribution in [3.8, 4) is 11.3 Å². The molecule has 1 amide bonds. The Morgan fingerprint density at radius 1 is 1.32 bits per heavy atom. The van der Waals surface area contributed by atoms with Gasteiger partial charge >= 0.3 is 0 Å². The minimum absolute atomic E-state index is 0. The van der Waals surface area contributed by atoms with Gasteiger partial charge in [0.1, 0.15) is 6.54 Å². The SMILES string of the molecule is CCNC(=NCc1ncc(-c2ccccc2)o1)NC1CCN(C(=O)CC)C1.I. The maximum atomic E-state index is 11.8. The number of aromatic nitrogens is 1. The van der Waals surface area contributed by atoms with Crippen molar-refractivity contribution in [2.75, 3.05) is 19.6 Å². The number of carbonyl (C=O) groups excluding carboxylic acids is 1. The van der Waals surface area contributed by atoms with Crippen LogP contribution in [0.1, 0.15) is 32.6 Å². The molecular weight excluding hydrogens is 469 g/mol. The topological polar surface area (TPSA) is 82.8 Å². The minimum Gasteiger partial charge on any atom is -0.439 e. The van der Waals surface area contributed by atoms with Crippen LogP contribution in [0, 0.1) is 0 Å². The van der Waals surface area contributed by atoms with Crippen molar-refractivity contribution >= 4 is 35.8 Å². The molecule has 0 saturated carbocycles. The fourth-order valence-electron chi connectivity index (χ4n) is 3.11. The van der Waals surface area contributed by atoms with Crippen molar-refractivity contribution < 1.29 is 9.21 Å². The first-order chi connectivity index (χ1) is 13.2. The molecule has 28 heavy (non-hydrogen) atoms. The van der Waals surface area contributed by atoms with Gasteiger partial charge in [0.15, 0.2) is 11.7 Å². The number of likely N-dealkylation sites (tertiary alicyclic amines) is 1. The molecule has 1 aliphatic rings. The average Bonchev–Trinajstić information content (AvgIpc) is 3.36. The first-order valence-corrected chi connectivity index (χ1v) is 9.52. The molecule has 1 aliphatic heterocycles. The van der Waals surface area contributed by atoms with E-state index in [1.165, 1.54) is 0 Å². The van der Waals surface area contributed by atoms with E-state index in [4.69, 9.17) is 4.42 Å². The number of aliphatic imine (C=N–C) groups is 1. The standard InChI is InChI=1S/C20H27N5O2.HI/c1-3-19(26)25-11-10-16(14-25)24-20(21-4-2)23-13-18-22-12-17(27-18)15-8-6-5-7-9-15;/h5-9,12,16H,3-4,10-11,13-14H2,1-2H3,(H2,21,23,24);1H. The lowest BCUT2D eigenvalue weighted by atomic mass is 10.2. The van der Waals surface area contributed by atoms with Gasteiger partial charge in [-0.2, -0.15) is 0 Å². The molecule has 0 bridgehead atoms. The lowest BCUT2D eigenvalue weighted by molar-refractivity contribution is -0.129. The number of amides is 1. The molecule has 0 radical (unpaired) electrons. The third-order valence-corrected chi connectivity index (χ3v) is 4.51. The van der Waals surface area contributed by atoms with Crippen LogP contribution in [0.4, 0.5) is 0 Å². The Morgan fingerprint density at radius 2 is 2.11 bits per heavy atom. The summed E-state index contributed by atoms with van der Waals surface area (Å²) >= 11 is 0. The number of nitrogens with zero attached hydrogens (tertiary/aromatic N) is 3. The zero-order valence-corrected chi connectivity index (χ0v) is 18.7. The highest BCUT2D eigenvalue weighted by Crippen LogP contribution is 2.20. The predicted molar refractivity (Wildman–Crippen MR) is 121 cm³/mol. The fourth-order valence-corrected chi connectivity index (χ4v) is 3.11. The quantitative estimate of drug-likeness (QED) is 0.364. The molecule has 1 atom stereocenters. The van der Waals surface area contributed by atoms with E-state index >= 15 is 0 Å². The number of halogens is 1. The molecular formula is C20H28IN5O2. The zero-order valence-electron chi connectivity index (χ0n) is 16.4. The Labute approximate surface area is 183 Å². The van der Waals surface area contributed by atoms with E-state index in [-0.39, 0.29) is 35.9 Å². The Morgan fingerprint density at radius 3 is 2.82 bits per heavy atom. The highest BCUT2D eigenvalue weighted by atomic mass is 127. The number of rotatable bonds is 6. The van der Waals surface area contributed by atoms with Gasteiger partial charge in [-0.05, 0) is 13.3 Å². The summed E-state index contributed by atoms with van der Waals surface area (Å²) in [5.74, 6) is 2.23. The van der Waals surface area contributed by atoms with Crippen LogP contribution >= 0.6 is 24.0 Å². The van der Waals surface area contributed by atoms with Crippen molar-refractivity contribution in [1.29, 1.82) is 0 Å². The maximum Gasteiger partial charge on any atom is 0.222 e. The molecule has 0 aliphatic carbocycles. The Bertz CT molecular complexity index is 778. The summed E-state index contributed by atoms with van der Waals surface area (Å²) in [5.41, 5.74) is 0.997. The normalized spacial score (nSPS) is 16.6. The summed E-state index contributed by atoms with van der Waals surface area (Å²) in [4.78, 5) is 22.6. The second-order valence-electron chi connectivity index (χ2n) is 6.50. The summed E-state index contributed by atoms with van der Waals surface area (Å²) in [6.07, 6.45) is 3.20. The molecule has 0 spiro atoms. The molecule has 8 heteroatoms. The van der Waals surface area contributed by atoms with Crippen molar-refractivity contribution in [2.24, 2.45) is 4.99 Å². The van der Waals surface area contributed by atoms with E-state index in [0.29, 0.717) is 31.4 Å². The second-order valence-corrected chi connectivity index (χ2v) is 6.50. The van der Waals surface area contributed by atoms with Crippen LogP contribution < -0.4 is 10.6 Å². The van der Waals surface area contributed by atoms with Crippen LogP contribution in [0.25, 0.3) is 11.3 Å². The van der Waals surface area contributed by atoms with Gasteiger partial charge in [0, 0.05) is 37.7 Å². The molecule has 1 fully saturated rings. The monoisotopic (exact) mass is 497 g/mol. The summed E-state index contributed by atoms with van der Waals surface area (Å²) < 4.78 is 5.80. The Balaban J connectivity index is 0.00000280. The van der Waals surface area contributed by atoms with Crippen LogP contribution in [-0.4, -0.2) is 47.4 Å². The third kappa shape index (κ3) is 5.95. The zero-order chi connectivity index (χ0) is 19.1. The lowest BCUT2D eigenvalue weighted by Gasteiger charge is -2.18. The number of carbonyl (C=O) groups is 1. The molecule has 1 aromatic carbocycles. The van der Waals surface area contributed by atoms with Crippen LogP contribution in [0.3, 0.4) is 0 Å². The van der Waals surface area contributed by atoms with Gasteiger partial charge in [-0.3, -0.25) is 4.79 Å². The van der Waals surface area contributed by atoms with Crippen LogP contribution in [-0.2, 0) is 11.3 Å². The van der Waals surface area contributed by atoms with Crippen molar-refractivity contribution in [1.82, 2.24) is 20.5 Å². The number of hydrogen-bond donors (Lipinski definition) is 2. The van der Waals surface area contributed by atoms with Gasteiger partial charge < -0.3 is 20.0 Å². The predicted octanol–water partition coefficient (Wildman–Crippen LogP) is 3.03. The van der Waals surface area contributed by atoms with Gasteiger partial charge in [-0.1, -0.05) is 37.3 Å². The smallest absolute Gasteiger partial charge is 0.222 e. The molecule has 7 nitrogen and oxygen atoms in total. The highest BCUT2D eigenvalue weighted by molar-refractivity contribution is 14.0. The second kappa shape index (κ2) is 11.0. The van der Waals surface area contributed by atoms with Gasteiger partial charge in [0.25, 0.3) is 0 Å². The largest absolute Gasteiger partial charge is 0.439 e. The summed E-state index contributed by atoms with van der Waals surface area (Å²) in [6.45, 7) is 6.55. The molecule has 1 saturated heterocycles.